The highest BCUT2D eigenvalue weighted by molar-refractivity contribution is 6.32. The van der Waals surface area contributed by atoms with Crippen LogP contribution in [0.2, 0.25) is 5.02 Å². The summed E-state index contributed by atoms with van der Waals surface area (Å²) in [5.41, 5.74) is 0.953. The molecule has 17 heavy (non-hydrogen) atoms. The Kier molecular flexibility index (Phi) is 3.54. The molecule has 90 valence electrons. The Morgan fingerprint density at radius 1 is 1.47 bits per heavy atom. The van der Waals surface area contributed by atoms with E-state index in [9.17, 15) is 0 Å². The van der Waals surface area contributed by atoms with Gasteiger partial charge in [-0.2, -0.15) is 0 Å². The minimum atomic E-state index is 0.607. The van der Waals surface area contributed by atoms with E-state index in [1.165, 1.54) is 0 Å². The van der Waals surface area contributed by atoms with Crippen molar-refractivity contribution in [3.05, 3.63) is 41.4 Å². The molecule has 0 aliphatic heterocycles. The number of aromatic nitrogens is 2. The van der Waals surface area contributed by atoms with Crippen LogP contribution in [-0.4, -0.2) is 16.7 Å². The van der Waals surface area contributed by atoms with Crippen molar-refractivity contribution in [3.8, 4) is 5.75 Å². The number of hydrogen-bond donors (Lipinski definition) is 1. The number of hydrogen-bond acceptors (Lipinski definition) is 3. The molecule has 0 bridgehead atoms. The number of halogens is 1. The third kappa shape index (κ3) is 2.71. The van der Waals surface area contributed by atoms with Gasteiger partial charge < -0.3 is 14.6 Å². The van der Waals surface area contributed by atoms with Crippen LogP contribution in [0.3, 0.4) is 0 Å². The lowest BCUT2D eigenvalue weighted by Gasteiger charge is -2.09. The van der Waals surface area contributed by atoms with Crippen molar-refractivity contribution in [3.63, 3.8) is 0 Å². The molecule has 1 heterocycles. The SMILES string of the molecule is COc1cc(NCc2nccn2C)ccc1Cl. The maximum atomic E-state index is 5.95. The largest absolute Gasteiger partial charge is 0.495 e. The highest BCUT2D eigenvalue weighted by Gasteiger charge is 2.03. The lowest BCUT2D eigenvalue weighted by atomic mass is 10.3. The number of imidazole rings is 1. The van der Waals surface area contributed by atoms with E-state index in [1.54, 1.807) is 19.4 Å². The molecule has 0 aliphatic carbocycles. The zero-order valence-corrected chi connectivity index (χ0v) is 10.5. The number of anilines is 1. The Balaban J connectivity index is 2.07. The van der Waals surface area contributed by atoms with E-state index < -0.39 is 0 Å². The molecule has 0 unspecified atom stereocenters. The van der Waals surface area contributed by atoms with Crippen LogP contribution >= 0.6 is 11.6 Å². The standard InChI is InChI=1S/C12H14ClN3O/c1-16-6-5-14-12(16)8-15-9-3-4-10(13)11(7-9)17-2/h3-7,15H,8H2,1-2H3. The van der Waals surface area contributed by atoms with Crippen molar-refractivity contribution in [2.24, 2.45) is 7.05 Å². The lowest BCUT2D eigenvalue weighted by Crippen LogP contribution is -2.05. The van der Waals surface area contributed by atoms with Gasteiger partial charge in [-0.25, -0.2) is 4.98 Å². The monoisotopic (exact) mass is 251 g/mol. The molecule has 2 aromatic rings. The second-order valence-corrected chi connectivity index (χ2v) is 4.06. The van der Waals surface area contributed by atoms with Gasteiger partial charge in [-0.1, -0.05) is 11.6 Å². The normalized spacial score (nSPS) is 10.3. The highest BCUT2D eigenvalue weighted by atomic mass is 35.5. The van der Waals surface area contributed by atoms with Gasteiger partial charge in [0, 0.05) is 31.2 Å². The van der Waals surface area contributed by atoms with E-state index in [2.05, 4.69) is 10.3 Å². The molecule has 1 aromatic heterocycles. The first-order valence-corrected chi connectivity index (χ1v) is 5.62. The molecule has 0 saturated carbocycles. The van der Waals surface area contributed by atoms with Gasteiger partial charge in [0.2, 0.25) is 0 Å². The van der Waals surface area contributed by atoms with Crippen LogP contribution in [0.25, 0.3) is 0 Å². The first-order valence-electron chi connectivity index (χ1n) is 5.24. The fourth-order valence-corrected chi connectivity index (χ4v) is 1.71. The number of methoxy groups -OCH3 is 1. The maximum Gasteiger partial charge on any atom is 0.139 e. The van der Waals surface area contributed by atoms with E-state index in [4.69, 9.17) is 16.3 Å². The number of benzene rings is 1. The van der Waals surface area contributed by atoms with Crippen molar-refractivity contribution in [2.75, 3.05) is 12.4 Å². The Labute approximate surface area is 105 Å². The molecule has 0 atom stereocenters. The molecule has 0 amide bonds. The quantitative estimate of drug-likeness (QED) is 0.908. The Morgan fingerprint density at radius 3 is 2.94 bits per heavy atom. The van der Waals surface area contributed by atoms with Crippen LogP contribution in [0.1, 0.15) is 5.82 Å². The topological polar surface area (TPSA) is 39.1 Å². The second kappa shape index (κ2) is 5.10. The maximum absolute atomic E-state index is 5.95. The van der Waals surface area contributed by atoms with Gasteiger partial charge >= 0.3 is 0 Å². The number of nitrogens with zero attached hydrogens (tertiary/aromatic N) is 2. The van der Waals surface area contributed by atoms with Crippen LogP contribution < -0.4 is 10.1 Å². The first-order chi connectivity index (χ1) is 8.20. The molecule has 0 spiro atoms. The third-order valence-corrected chi connectivity index (χ3v) is 2.83. The second-order valence-electron chi connectivity index (χ2n) is 3.66. The van der Waals surface area contributed by atoms with Crippen LogP contribution in [0.15, 0.2) is 30.6 Å². The third-order valence-electron chi connectivity index (χ3n) is 2.52. The molecule has 0 radical (unpaired) electrons. The summed E-state index contributed by atoms with van der Waals surface area (Å²) >= 11 is 5.95. The van der Waals surface area contributed by atoms with Crippen molar-refractivity contribution < 1.29 is 4.74 Å². The smallest absolute Gasteiger partial charge is 0.139 e. The van der Waals surface area contributed by atoms with Gasteiger partial charge in [-0.3, -0.25) is 0 Å². The van der Waals surface area contributed by atoms with E-state index in [-0.39, 0.29) is 0 Å². The summed E-state index contributed by atoms with van der Waals surface area (Å²) in [5, 5.41) is 3.87. The number of aryl methyl sites for hydroxylation is 1. The summed E-state index contributed by atoms with van der Waals surface area (Å²) in [4.78, 5) is 4.23. The van der Waals surface area contributed by atoms with Crippen molar-refractivity contribution >= 4 is 17.3 Å². The van der Waals surface area contributed by atoms with E-state index in [0.717, 1.165) is 11.5 Å². The zero-order chi connectivity index (χ0) is 12.3. The zero-order valence-electron chi connectivity index (χ0n) is 9.77. The van der Waals surface area contributed by atoms with Gasteiger partial charge in [-0.15, -0.1) is 0 Å². The Hall–Kier alpha value is -1.68. The summed E-state index contributed by atoms with van der Waals surface area (Å²) in [6.07, 6.45) is 3.69. The van der Waals surface area contributed by atoms with E-state index >= 15 is 0 Å². The minimum Gasteiger partial charge on any atom is -0.495 e. The molecular formula is C12H14ClN3O. The Bertz CT molecular complexity index is 510. The van der Waals surface area contributed by atoms with Crippen LogP contribution in [0, 0.1) is 0 Å². The molecule has 0 aliphatic rings. The molecule has 2 rings (SSSR count). The predicted octanol–water partition coefficient (Wildman–Crippen LogP) is 2.69. The highest BCUT2D eigenvalue weighted by Crippen LogP contribution is 2.27. The van der Waals surface area contributed by atoms with Gasteiger partial charge in [0.25, 0.3) is 0 Å². The molecule has 0 fully saturated rings. The van der Waals surface area contributed by atoms with Gasteiger partial charge in [-0.05, 0) is 12.1 Å². The summed E-state index contributed by atoms with van der Waals surface area (Å²) in [6, 6.07) is 5.58. The van der Waals surface area contributed by atoms with Crippen LogP contribution in [0.5, 0.6) is 5.75 Å². The molecule has 1 aromatic carbocycles. The summed E-state index contributed by atoms with van der Waals surface area (Å²) in [7, 11) is 3.57. The summed E-state index contributed by atoms with van der Waals surface area (Å²) in [5.74, 6) is 1.63. The molecule has 0 saturated heterocycles. The lowest BCUT2D eigenvalue weighted by molar-refractivity contribution is 0.415. The van der Waals surface area contributed by atoms with Gasteiger partial charge in [0.1, 0.15) is 11.6 Å². The Morgan fingerprint density at radius 2 is 2.29 bits per heavy atom. The fourth-order valence-electron chi connectivity index (χ4n) is 1.52. The average molecular weight is 252 g/mol. The molecule has 5 heteroatoms. The van der Waals surface area contributed by atoms with Crippen molar-refractivity contribution in [1.82, 2.24) is 9.55 Å². The minimum absolute atomic E-state index is 0.607. The fraction of sp³-hybridized carbons (Fsp3) is 0.250. The van der Waals surface area contributed by atoms with Crippen LogP contribution in [-0.2, 0) is 13.6 Å². The van der Waals surface area contributed by atoms with E-state index in [0.29, 0.717) is 17.3 Å². The average Bonchev–Trinajstić information content (AvgIpc) is 2.74. The number of rotatable bonds is 4. The molecular weight excluding hydrogens is 238 g/mol. The van der Waals surface area contributed by atoms with Gasteiger partial charge in [0.05, 0.1) is 18.7 Å². The first kappa shape index (κ1) is 11.8. The number of nitrogens with one attached hydrogen (secondary N) is 1. The van der Waals surface area contributed by atoms with Gasteiger partial charge in [0.15, 0.2) is 0 Å². The number of ether oxygens (including phenoxy) is 1. The van der Waals surface area contributed by atoms with E-state index in [1.807, 2.05) is 29.9 Å². The summed E-state index contributed by atoms with van der Waals surface area (Å²) in [6.45, 7) is 0.661. The summed E-state index contributed by atoms with van der Waals surface area (Å²) < 4.78 is 7.13. The van der Waals surface area contributed by atoms with Crippen molar-refractivity contribution in [1.29, 1.82) is 0 Å². The molecule has 1 N–H and O–H groups in total. The predicted molar refractivity (Wildman–Crippen MR) is 68.5 cm³/mol. The van der Waals surface area contributed by atoms with Crippen molar-refractivity contribution in [2.45, 2.75) is 6.54 Å². The molecule has 4 nitrogen and oxygen atoms in total. The van der Waals surface area contributed by atoms with Crippen LogP contribution in [0.4, 0.5) is 5.69 Å².